The summed E-state index contributed by atoms with van der Waals surface area (Å²) in [7, 11) is 0.462. The summed E-state index contributed by atoms with van der Waals surface area (Å²) in [5, 5.41) is 15.5. The number of carbonyl (C=O) groups excluding carboxylic acids is 1. The molecule has 1 aromatic rings. The minimum atomic E-state index is -3.74. The molecule has 1 amide bonds. The van der Waals surface area contributed by atoms with Crippen molar-refractivity contribution in [1.29, 1.82) is 0 Å². The quantitative estimate of drug-likeness (QED) is 0.611. The standard InChI is InChI=1S/C15H23N3O5S.ClH/c1-18(2)24(21,22)14-6-10(4-5-13(14)23-3)15(20)17-8-11-7-16-9-12(11)19;/h4-6,11-12,16,19H,7-9H2,1-3H3,(H,17,20);1H. The minimum absolute atomic E-state index is 0. The number of benzene rings is 1. The third-order valence-electron chi connectivity index (χ3n) is 4.01. The van der Waals surface area contributed by atoms with E-state index in [9.17, 15) is 18.3 Å². The van der Waals surface area contributed by atoms with Crippen LogP contribution in [-0.4, -0.2) is 70.7 Å². The van der Waals surface area contributed by atoms with Crippen molar-refractivity contribution in [2.24, 2.45) is 5.92 Å². The zero-order valence-electron chi connectivity index (χ0n) is 14.4. The zero-order chi connectivity index (χ0) is 17.9. The van der Waals surface area contributed by atoms with Crippen LogP contribution in [0, 0.1) is 5.92 Å². The number of methoxy groups -OCH3 is 1. The van der Waals surface area contributed by atoms with Gasteiger partial charge in [-0.2, -0.15) is 0 Å². The molecule has 0 aromatic heterocycles. The van der Waals surface area contributed by atoms with E-state index in [0.29, 0.717) is 19.6 Å². The van der Waals surface area contributed by atoms with Gasteiger partial charge in [-0.15, -0.1) is 12.4 Å². The molecule has 3 N–H and O–H groups in total. The number of halogens is 1. The number of hydrogen-bond donors (Lipinski definition) is 3. The Morgan fingerprint density at radius 3 is 2.60 bits per heavy atom. The van der Waals surface area contributed by atoms with Crippen molar-refractivity contribution in [3.05, 3.63) is 23.8 Å². The number of aliphatic hydroxyl groups excluding tert-OH is 1. The lowest BCUT2D eigenvalue weighted by atomic mass is 10.1. The summed E-state index contributed by atoms with van der Waals surface area (Å²) in [6.07, 6.45) is -0.495. The molecule has 2 rings (SSSR count). The van der Waals surface area contributed by atoms with Crippen molar-refractivity contribution in [3.63, 3.8) is 0 Å². The smallest absolute Gasteiger partial charge is 0.251 e. The van der Waals surface area contributed by atoms with E-state index < -0.39 is 22.0 Å². The van der Waals surface area contributed by atoms with Crippen molar-refractivity contribution in [3.8, 4) is 5.75 Å². The van der Waals surface area contributed by atoms with E-state index in [1.165, 1.54) is 39.4 Å². The first-order valence-corrected chi connectivity index (χ1v) is 8.99. The topological polar surface area (TPSA) is 108 Å². The molecule has 2 unspecified atom stereocenters. The van der Waals surface area contributed by atoms with Crippen LogP contribution in [0.3, 0.4) is 0 Å². The lowest BCUT2D eigenvalue weighted by Crippen LogP contribution is -2.34. The molecule has 25 heavy (non-hydrogen) atoms. The van der Waals surface area contributed by atoms with Crippen molar-refractivity contribution in [1.82, 2.24) is 14.9 Å². The van der Waals surface area contributed by atoms with Gasteiger partial charge in [0.15, 0.2) is 0 Å². The molecule has 1 heterocycles. The van der Waals surface area contributed by atoms with E-state index in [4.69, 9.17) is 4.74 Å². The van der Waals surface area contributed by atoms with Crippen LogP contribution in [0.15, 0.2) is 23.1 Å². The minimum Gasteiger partial charge on any atom is -0.495 e. The summed E-state index contributed by atoms with van der Waals surface area (Å²) < 4.78 is 30.9. The maximum absolute atomic E-state index is 12.4. The Balaban J connectivity index is 0.00000312. The Morgan fingerprint density at radius 1 is 1.40 bits per heavy atom. The fraction of sp³-hybridized carbons (Fsp3) is 0.533. The number of nitrogens with zero attached hydrogens (tertiary/aromatic N) is 1. The number of nitrogens with one attached hydrogen (secondary N) is 2. The van der Waals surface area contributed by atoms with Gasteiger partial charge in [-0.1, -0.05) is 0 Å². The number of aliphatic hydroxyl groups is 1. The highest BCUT2D eigenvalue weighted by Gasteiger charge is 2.26. The molecule has 10 heteroatoms. The van der Waals surface area contributed by atoms with Gasteiger partial charge in [-0.3, -0.25) is 4.79 Å². The zero-order valence-corrected chi connectivity index (χ0v) is 16.0. The van der Waals surface area contributed by atoms with Crippen LogP contribution in [0.2, 0.25) is 0 Å². The molecule has 8 nitrogen and oxygen atoms in total. The van der Waals surface area contributed by atoms with Gasteiger partial charge in [0.1, 0.15) is 10.6 Å². The van der Waals surface area contributed by atoms with Crippen LogP contribution >= 0.6 is 12.4 Å². The van der Waals surface area contributed by atoms with Crippen LogP contribution in [0.25, 0.3) is 0 Å². The van der Waals surface area contributed by atoms with E-state index in [1.54, 1.807) is 0 Å². The SMILES string of the molecule is COc1ccc(C(=O)NCC2CNCC2O)cc1S(=O)(=O)N(C)C.Cl. The second-order valence-electron chi connectivity index (χ2n) is 5.85. The van der Waals surface area contributed by atoms with Crippen molar-refractivity contribution in [2.75, 3.05) is 40.8 Å². The molecule has 1 aliphatic rings. The Kier molecular flexibility index (Phi) is 7.63. The number of β-amino-alcohol motifs (C(OH)–C–C–N with tert-alkyl or cyclic N) is 1. The maximum atomic E-state index is 12.4. The van der Waals surface area contributed by atoms with Gasteiger partial charge in [-0.05, 0) is 18.2 Å². The molecular weight excluding hydrogens is 370 g/mol. The van der Waals surface area contributed by atoms with Gasteiger partial charge in [-0.25, -0.2) is 12.7 Å². The number of rotatable bonds is 6. The van der Waals surface area contributed by atoms with E-state index in [2.05, 4.69) is 10.6 Å². The average molecular weight is 394 g/mol. The van der Waals surface area contributed by atoms with Gasteiger partial charge in [0.25, 0.3) is 5.91 Å². The molecule has 1 aliphatic heterocycles. The van der Waals surface area contributed by atoms with Crippen molar-refractivity contribution in [2.45, 2.75) is 11.0 Å². The Bertz CT molecular complexity index is 711. The summed E-state index contributed by atoms with van der Waals surface area (Å²) >= 11 is 0. The maximum Gasteiger partial charge on any atom is 0.251 e. The summed E-state index contributed by atoms with van der Waals surface area (Å²) in [6, 6.07) is 4.26. The molecule has 1 fully saturated rings. The highest BCUT2D eigenvalue weighted by molar-refractivity contribution is 7.89. The highest BCUT2D eigenvalue weighted by Crippen LogP contribution is 2.26. The first-order chi connectivity index (χ1) is 11.3. The molecule has 2 atom stereocenters. The van der Waals surface area contributed by atoms with Gasteiger partial charge < -0.3 is 20.5 Å². The predicted octanol–water partition coefficient (Wildman–Crippen LogP) is -0.323. The van der Waals surface area contributed by atoms with Gasteiger partial charge in [0.05, 0.1) is 13.2 Å². The van der Waals surface area contributed by atoms with Crippen molar-refractivity contribution >= 4 is 28.3 Å². The number of hydrogen-bond acceptors (Lipinski definition) is 6. The van der Waals surface area contributed by atoms with E-state index in [0.717, 1.165) is 4.31 Å². The van der Waals surface area contributed by atoms with Crippen LogP contribution < -0.4 is 15.4 Å². The molecular formula is C15H24ClN3O5S. The van der Waals surface area contributed by atoms with Gasteiger partial charge in [0.2, 0.25) is 10.0 Å². The molecule has 1 aromatic carbocycles. The molecule has 1 saturated heterocycles. The van der Waals surface area contributed by atoms with E-state index >= 15 is 0 Å². The molecule has 0 bridgehead atoms. The Hall–Kier alpha value is -1.39. The molecule has 0 aliphatic carbocycles. The second-order valence-corrected chi connectivity index (χ2v) is 7.97. The Labute approximate surface area is 154 Å². The Morgan fingerprint density at radius 2 is 2.08 bits per heavy atom. The number of amides is 1. The molecule has 0 saturated carbocycles. The predicted molar refractivity (Wildman–Crippen MR) is 95.8 cm³/mol. The summed E-state index contributed by atoms with van der Waals surface area (Å²) in [5.41, 5.74) is 0.219. The van der Waals surface area contributed by atoms with E-state index in [-0.39, 0.29) is 34.5 Å². The summed E-state index contributed by atoms with van der Waals surface area (Å²) in [6.45, 7) is 1.45. The number of carbonyl (C=O) groups is 1. The fourth-order valence-corrected chi connectivity index (χ4v) is 3.54. The third-order valence-corrected chi connectivity index (χ3v) is 5.85. The van der Waals surface area contributed by atoms with Crippen molar-refractivity contribution < 1.29 is 23.1 Å². The second kappa shape index (κ2) is 8.81. The lowest BCUT2D eigenvalue weighted by molar-refractivity contribution is 0.0927. The number of ether oxygens (including phenoxy) is 1. The van der Waals surface area contributed by atoms with Crippen LogP contribution in [0.5, 0.6) is 5.75 Å². The molecule has 0 radical (unpaired) electrons. The third kappa shape index (κ3) is 4.83. The molecule has 0 spiro atoms. The summed E-state index contributed by atoms with van der Waals surface area (Å²) in [5.74, 6) is -0.278. The molecule has 142 valence electrons. The van der Waals surface area contributed by atoms with Crippen LogP contribution in [0.1, 0.15) is 10.4 Å². The van der Waals surface area contributed by atoms with Gasteiger partial charge >= 0.3 is 0 Å². The van der Waals surface area contributed by atoms with Gasteiger partial charge in [0, 0.05) is 45.2 Å². The first kappa shape index (κ1) is 21.7. The van der Waals surface area contributed by atoms with Crippen LogP contribution in [-0.2, 0) is 10.0 Å². The monoisotopic (exact) mass is 393 g/mol. The lowest BCUT2D eigenvalue weighted by Gasteiger charge is -2.17. The van der Waals surface area contributed by atoms with E-state index in [1.807, 2.05) is 0 Å². The normalized spacial score (nSPS) is 20.2. The first-order valence-electron chi connectivity index (χ1n) is 7.55. The average Bonchev–Trinajstić information content (AvgIpc) is 2.96. The summed E-state index contributed by atoms with van der Waals surface area (Å²) in [4.78, 5) is 12.2. The highest BCUT2D eigenvalue weighted by atomic mass is 35.5. The number of sulfonamides is 1. The van der Waals surface area contributed by atoms with Crippen LogP contribution in [0.4, 0.5) is 0 Å². The fourth-order valence-electron chi connectivity index (χ4n) is 2.47. The largest absolute Gasteiger partial charge is 0.495 e.